The number of H-pyrrole nitrogens is 1. The molecule has 0 amide bonds. The zero-order chi connectivity index (χ0) is 21.4. The molecule has 2 saturated heterocycles. The minimum absolute atomic E-state index is 0.00449. The van der Waals surface area contributed by atoms with E-state index in [1.54, 1.807) is 6.07 Å². The molecule has 0 spiro atoms. The maximum Gasteiger partial charge on any atom is 0.195 e. The number of aromatic nitrogens is 1. The predicted octanol–water partition coefficient (Wildman–Crippen LogP) is 4.21. The van der Waals surface area contributed by atoms with Crippen molar-refractivity contribution in [2.24, 2.45) is 0 Å². The number of hydrogen-bond donors (Lipinski definition) is 2. The van der Waals surface area contributed by atoms with Gasteiger partial charge in [0.2, 0.25) is 0 Å². The minimum Gasteiger partial charge on any atom is -0.361 e. The molecule has 0 bridgehead atoms. The monoisotopic (exact) mass is 437 g/mol. The lowest BCUT2D eigenvalue weighted by atomic mass is 9.89. The standard InChI is InChI=1S/C25H31N3O2S/c1-18-6-4-7-20(16-18)31(29,30)25(24-10-5-13-26-24)28-14-11-19(12-15-28)22-17-27-23-9-3-2-8-21(22)23/h2-4,6-9,16-17,19,24-27H,5,10-15H2,1H3. The summed E-state index contributed by atoms with van der Waals surface area (Å²) in [5, 5.41) is 4.28. The molecule has 2 aromatic carbocycles. The molecular formula is C25H31N3O2S. The Hall–Kier alpha value is -2.15. The third kappa shape index (κ3) is 3.93. The lowest BCUT2D eigenvalue weighted by Crippen LogP contribution is -2.54. The predicted molar refractivity (Wildman–Crippen MR) is 125 cm³/mol. The first-order valence-corrected chi connectivity index (χ1v) is 12.9. The molecule has 2 fully saturated rings. The summed E-state index contributed by atoms with van der Waals surface area (Å²) in [6, 6.07) is 15.8. The molecule has 3 aromatic rings. The van der Waals surface area contributed by atoms with Crippen LogP contribution in [-0.2, 0) is 9.84 Å². The van der Waals surface area contributed by atoms with E-state index < -0.39 is 15.2 Å². The largest absolute Gasteiger partial charge is 0.361 e. The van der Waals surface area contributed by atoms with Crippen molar-refractivity contribution in [2.45, 2.75) is 54.8 Å². The lowest BCUT2D eigenvalue weighted by Gasteiger charge is -2.39. The van der Waals surface area contributed by atoms with E-state index in [0.717, 1.165) is 50.9 Å². The number of nitrogens with one attached hydrogen (secondary N) is 2. The zero-order valence-corrected chi connectivity index (χ0v) is 18.9. The SMILES string of the molecule is Cc1cccc(S(=O)(=O)C(C2CCCN2)N2CCC(c3c[nH]c4ccccc34)CC2)c1. The number of nitrogens with zero attached hydrogens (tertiary/aromatic N) is 1. The maximum absolute atomic E-state index is 13.8. The highest BCUT2D eigenvalue weighted by atomic mass is 32.2. The molecule has 6 heteroatoms. The van der Waals surface area contributed by atoms with Gasteiger partial charge < -0.3 is 10.3 Å². The Bertz CT molecular complexity index is 1160. The number of likely N-dealkylation sites (tertiary alicyclic amines) is 1. The van der Waals surface area contributed by atoms with Crippen LogP contribution in [0.15, 0.2) is 59.6 Å². The van der Waals surface area contributed by atoms with Crippen molar-refractivity contribution in [1.82, 2.24) is 15.2 Å². The molecular weight excluding hydrogens is 406 g/mol. The maximum atomic E-state index is 13.8. The quantitative estimate of drug-likeness (QED) is 0.628. The molecule has 5 rings (SSSR count). The molecule has 2 N–H and O–H groups in total. The molecule has 2 aliphatic heterocycles. The van der Waals surface area contributed by atoms with Gasteiger partial charge in [-0.3, -0.25) is 4.90 Å². The van der Waals surface area contributed by atoms with Crippen LogP contribution in [0.25, 0.3) is 10.9 Å². The van der Waals surface area contributed by atoms with Crippen LogP contribution in [0.5, 0.6) is 0 Å². The number of fused-ring (bicyclic) bond motifs is 1. The van der Waals surface area contributed by atoms with Crippen LogP contribution < -0.4 is 5.32 Å². The number of para-hydroxylation sites is 1. The Labute approximate surface area is 184 Å². The van der Waals surface area contributed by atoms with E-state index in [1.165, 1.54) is 16.5 Å². The second-order valence-electron chi connectivity index (χ2n) is 9.05. The lowest BCUT2D eigenvalue weighted by molar-refractivity contribution is 0.170. The first-order chi connectivity index (χ1) is 15.0. The van der Waals surface area contributed by atoms with Gasteiger partial charge in [-0.15, -0.1) is 0 Å². The fourth-order valence-electron chi connectivity index (χ4n) is 5.45. The van der Waals surface area contributed by atoms with Crippen molar-refractivity contribution < 1.29 is 8.42 Å². The van der Waals surface area contributed by atoms with Gasteiger partial charge >= 0.3 is 0 Å². The number of aromatic amines is 1. The summed E-state index contributed by atoms with van der Waals surface area (Å²) in [5.74, 6) is 0.464. The smallest absolute Gasteiger partial charge is 0.195 e. The second kappa shape index (κ2) is 8.41. The number of aryl methyl sites for hydroxylation is 1. The number of sulfone groups is 1. The molecule has 0 radical (unpaired) electrons. The summed E-state index contributed by atoms with van der Waals surface area (Å²) in [5.41, 5.74) is 3.53. The first kappa shape index (κ1) is 20.7. The van der Waals surface area contributed by atoms with E-state index in [4.69, 9.17) is 0 Å². The van der Waals surface area contributed by atoms with Crippen molar-refractivity contribution in [2.75, 3.05) is 19.6 Å². The van der Waals surface area contributed by atoms with Crippen LogP contribution in [0, 0.1) is 6.92 Å². The van der Waals surface area contributed by atoms with Crippen LogP contribution in [0.2, 0.25) is 0 Å². The van der Waals surface area contributed by atoms with Crippen LogP contribution in [0.3, 0.4) is 0 Å². The average molecular weight is 438 g/mol. The van der Waals surface area contributed by atoms with Crippen LogP contribution in [0.4, 0.5) is 0 Å². The van der Waals surface area contributed by atoms with Crippen molar-refractivity contribution in [3.8, 4) is 0 Å². The molecule has 0 aliphatic carbocycles. The van der Waals surface area contributed by atoms with Gasteiger partial charge in [0, 0.05) is 36.2 Å². The Kier molecular flexibility index (Phi) is 5.63. The van der Waals surface area contributed by atoms with Crippen molar-refractivity contribution >= 4 is 20.7 Å². The van der Waals surface area contributed by atoms with Gasteiger partial charge in [-0.25, -0.2) is 8.42 Å². The molecule has 3 heterocycles. The minimum atomic E-state index is -3.46. The number of benzene rings is 2. The van der Waals surface area contributed by atoms with Gasteiger partial charge in [0.1, 0.15) is 5.37 Å². The molecule has 2 aliphatic rings. The summed E-state index contributed by atoms with van der Waals surface area (Å²) in [6.45, 7) is 4.46. The van der Waals surface area contributed by atoms with E-state index in [9.17, 15) is 8.42 Å². The van der Waals surface area contributed by atoms with E-state index in [-0.39, 0.29) is 6.04 Å². The fourth-order valence-corrected chi connectivity index (χ4v) is 7.62. The summed E-state index contributed by atoms with van der Waals surface area (Å²) in [7, 11) is -3.46. The van der Waals surface area contributed by atoms with Gasteiger partial charge in [-0.2, -0.15) is 0 Å². The van der Waals surface area contributed by atoms with E-state index in [2.05, 4.69) is 45.7 Å². The van der Waals surface area contributed by atoms with Gasteiger partial charge in [0.25, 0.3) is 0 Å². The zero-order valence-electron chi connectivity index (χ0n) is 18.0. The Morgan fingerprint density at radius 1 is 1.03 bits per heavy atom. The molecule has 0 saturated carbocycles. The molecule has 31 heavy (non-hydrogen) atoms. The molecule has 2 atom stereocenters. The second-order valence-corrected chi connectivity index (χ2v) is 11.1. The Morgan fingerprint density at radius 3 is 2.58 bits per heavy atom. The number of rotatable bonds is 5. The summed E-state index contributed by atoms with van der Waals surface area (Å²) in [4.78, 5) is 6.07. The highest BCUT2D eigenvalue weighted by Gasteiger charge is 2.41. The van der Waals surface area contributed by atoms with Crippen molar-refractivity contribution in [3.63, 3.8) is 0 Å². The molecule has 164 valence electrons. The van der Waals surface area contributed by atoms with Gasteiger partial charge in [0.05, 0.1) is 4.90 Å². The molecule has 5 nitrogen and oxygen atoms in total. The number of hydrogen-bond acceptors (Lipinski definition) is 4. The Balaban J connectivity index is 1.40. The summed E-state index contributed by atoms with van der Waals surface area (Å²) in [6.07, 6.45) is 6.06. The molecule has 2 unspecified atom stereocenters. The van der Waals surface area contributed by atoms with E-state index >= 15 is 0 Å². The highest BCUT2D eigenvalue weighted by molar-refractivity contribution is 7.92. The van der Waals surface area contributed by atoms with Crippen LogP contribution in [0.1, 0.15) is 42.7 Å². The highest BCUT2D eigenvalue weighted by Crippen LogP contribution is 2.36. The van der Waals surface area contributed by atoms with Crippen LogP contribution in [-0.4, -0.2) is 49.4 Å². The normalized spacial score (nSPS) is 22.2. The van der Waals surface area contributed by atoms with E-state index in [0.29, 0.717) is 10.8 Å². The third-order valence-corrected chi connectivity index (χ3v) is 9.20. The van der Waals surface area contributed by atoms with Gasteiger partial charge in [0.15, 0.2) is 9.84 Å². The first-order valence-electron chi connectivity index (χ1n) is 11.4. The van der Waals surface area contributed by atoms with Crippen molar-refractivity contribution in [3.05, 3.63) is 65.9 Å². The van der Waals surface area contributed by atoms with Gasteiger partial charge in [-0.05, 0) is 74.4 Å². The van der Waals surface area contributed by atoms with Crippen LogP contribution >= 0.6 is 0 Å². The number of piperidine rings is 1. The van der Waals surface area contributed by atoms with Crippen molar-refractivity contribution in [1.29, 1.82) is 0 Å². The summed E-state index contributed by atoms with van der Waals surface area (Å²) >= 11 is 0. The summed E-state index contributed by atoms with van der Waals surface area (Å²) < 4.78 is 27.5. The topological polar surface area (TPSA) is 65.2 Å². The van der Waals surface area contributed by atoms with Gasteiger partial charge in [-0.1, -0.05) is 30.3 Å². The molecule has 1 aromatic heterocycles. The third-order valence-electron chi connectivity index (χ3n) is 7.03. The van der Waals surface area contributed by atoms with E-state index in [1.807, 2.05) is 25.1 Å². The average Bonchev–Trinajstić information content (AvgIpc) is 3.45. The fraction of sp³-hybridized carbons (Fsp3) is 0.440. The Morgan fingerprint density at radius 2 is 1.84 bits per heavy atom.